The van der Waals surface area contributed by atoms with E-state index in [4.69, 9.17) is 11.6 Å². The van der Waals surface area contributed by atoms with Crippen LogP contribution in [0.15, 0.2) is 66.9 Å². The molecule has 2 aromatic carbocycles. The van der Waals surface area contributed by atoms with Gasteiger partial charge in [-0.1, -0.05) is 60.1 Å². The Labute approximate surface area is 166 Å². The van der Waals surface area contributed by atoms with Gasteiger partial charge >= 0.3 is 0 Å². The lowest BCUT2D eigenvalue weighted by atomic mass is 9.55. The van der Waals surface area contributed by atoms with Crippen LogP contribution in [0.5, 0.6) is 0 Å². The van der Waals surface area contributed by atoms with E-state index in [9.17, 15) is 9.59 Å². The topological polar surface area (TPSA) is 50.3 Å². The van der Waals surface area contributed by atoms with Crippen molar-refractivity contribution in [2.24, 2.45) is 11.8 Å². The summed E-state index contributed by atoms with van der Waals surface area (Å²) in [5.74, 6) is -1.06. The van der Waals surface area contributed by atoms with Crippen LogP contribution in [0, 0.1) is 11.8 Å². The van der Waals surface area contributed by atoms with Crippen LogP contribution in [0.25, 0.3) is 0 Å². The summed E-state index contributed by atoms with van der Waals surface area (Å²) in [5.41, 5.74) is 4.65. The zero-order valence-corrected chi connectivity index (χ0v) is 15.5. The van der Waals surface area contributed by atoms with Gasteiger partial charge in [-0.2, -0.15) is 0 Å². The van der Waals surface area contributed by atoms with Crippen LogP contribution in [-0.2, 0) is 9.59 Å². The number of aromatic nitrogens is 1. The summed E-state index contributed by atoms with van der Waals surface area (Å²) in [6.45, 7) is 0. The van der Waals surface area contributed by atoms with Crippen molar-refractivity contribution in [1.29, 1.82) is 0 Å². The molecule has 1 saturated heterocycles. The highest BCUT2D eigenvalue weighted by Crippen LogP contribution is 2.61. The Bertz CT molecular complexity index is 1060. The Morgan fingerprint density at radius 2 is 1.21 bits per heavy atom. The molecule has 1 unspecified atom stereocenters. The molecule has 5 heteroatoms. The monoisotopic (exact) mass is 386 g/mol. The smallest absolute Gasteiger partial charge is 0.239 e. The molecule has 1 aliphatic heterocycles. The van der Waals surface area contributed by atoms with E-state index in [1.165, 1.54) is 11.1 Å². The van der Waals surface area contributed by atoms with Crippen LogP contribution < -0.4 is 4.90 Å². The first kappa shape index (κ1) is 16.0. The third-order valence-corrected chi connectivity index (χ3v) is 6.62. The van der Waals surface area contributed by atoms with Crippen LogP contribution >= 0.6 is 11.6 Å². The minimum absolute atomic E-state index is 0.108. The SMILES string of the molecule is O=C1C2C3c4ccccc4C(c4ccccc43)[C@@H]2C(=O)N1c1cc(Cl)ccn1. The Kier molecular flexibility index (Phi) is 3.16. The highest BCUT2D eigenvalue weighted by molar-refractivity contribution is 6.31. The van der Waals surface area contributed by atoms with Gasteiger partial charge in [0, 0.05) is 29.1 Å². The van der Waals surface area contributed by atoms with E-state index in [2.05, 4.69) is 29.2 Å². The third kappa shape index (κ3) is 1.88. The van der Waals surface area contributed by atoms with Crippen LogP contribution in [0.2, 0.25) is 5.02 Å². The molecule has 0 spiro atoms. The highest BCUT2D eigenvalue weighted by Gasteiger charge is 2.62. The number of amides is 2. The number of imide groups is 1. The number of pyridine rings is 1. The predicted molar refractivity (Wildman–Crippen MR) is 105 cm³/mol. The first-order valence-electron chi connectivity index (χ1n) is 9.34. The lowest BCUT2D eigenvalue weighted by Gasteiger charge is -2.45. The van der Waals surface area contributed by atoms with Gasteiger partial charge in [0.2, 0.25) is 11.8 Å². The van der Waals surface area contributed by atoms with Crippen molar-refractivity contribution in [1.82, 2.24) is 4.98 Å². The van der Waals surface area contributed by atoms with Crippen molar-refractivity contribution in [2.75, 3.05) is 4.90 Å². The zero-order valence-electron chi connectivity index (χ0n) is 14.7. The Balaban J connectivity index is 1.58. The van der Waals surface area contributed by atoms with E-state index >= 15 is 0 Å². The van der Waals surface area contributed by atoms with Gasteiger partial charge in [-0.3, -0.25) is 9.59 Å². The lowest BCUT2D eigenvalue weighted by molar-refractivity contribution is -0.122. The molecule has 0 radical (unpaired) electrons. The number of halogens is 1. The van der Waals surface area contributed by atoms with Gasteiger partial charge in [0.1, 0.15) is 5.82 Å². The molecule has 136 valence electrons. The molecule has 1 fully saturated rings. The number of carbonyl (C=O) groups is 2. The maximum Gasteiger partial charge on any atom is 0.239 e. The number of anilines is 1. The van der Waals surface area contributed by atoms with Gasteiger partial charge in [0.15, 0.2) is 0 Å². The first-order chi connectivity index (χ1) is 13.7. The summed E-state index contributed by atoms with van der Waals surface area (Å²) >= 11 is 6.10. The molecule has 2 amide bonds. The van der Waals surface area contributed by atoms with E-state index in [1.54, 1.807) is 12.1 Å². The summed E-state index contributed by atoms with van der Waals surface area (Å²) in [5, 5.41) is 0.454. The molecule has 4 nitrogen and oxygen atoms in total. The van der Waals surface area contributed by atoms with Crippen LogP contribution in [0.4, 0.5) is 5.82 Å². The Morgan fingerprint density at radius 1 is 0.750 bits per heavy atom. The number of benzene rings is 2. The summed E-state index contributed by atoms with van der Waals surface area (Å²) in [6.07, 6.45) is 1.53. The Hall–Kier alpha value is -2.98. The molecule has 2 heterocycles. The van der Waals surface area contributed by atoms with Gasteiger partial charge in [-0.15, -0.1) is 0 Å². The highest BCUT2D eigenvalue weighted by atomic mass is 35.5. The largest absolute Gasteiger partial charge is 0.274 e. The number of rotatable bonds is 1. The molecular weight excluding hydrogens is 372 g/mol. The number of hydrogen-bond acceptors (Lipinski definition) is 3. The van der Waals surface area contributed by atoms with Gasteiger partial charge in [0.05, 0.1) is 11.8 Å². The van der Waals surface area contributed by atoms with Crippen molar-refractivity contribution in [3.8, 4) is 0 Å². The summed E-state index contributed by atoms with van der Waals surface area (Å²) in [7, 11) is 0. The first-order valence-corrected chi connectivity index (χ1v) is 9.71. The van der Waals surface area contributed by atoms with Crippen molar-refractivity contribution in [3.63, 3.8) is 0 Å². The number of nitrogens with zero attached hydrogens (tertiary/aromatic N) is 2. The van der Waals surface area contributed by atoms with Crippen LogP contribution in [0.3, 0.4) is 0 Å². The summed E-state index contributed by atoms with van der Waals surface area (Å²) in [6, 6.07) is 19.6. The second-order valence-electron chi connectivity index (χ2n) is 7.61. The van der Waals surface area contributed by atoms with Crippen molar-refractivity contribution >= 4 is 29.2 Å². The van der Waals surface area contributed by atoms with Crippen molar-refractivity contribution < 1.29 is 9.59 Å². The fourth-order valence-corrected chi connectivity index (χ4v) is 5.57. The standard InChI is InChI=1S/C23H15ClN2O2/c24-12-9-10-25-17(11-12)26-22(27)20-18-13-5-1-2-6-14(13)19(21(20)23(26)28)16-8-4-3-7-15(16)18/h1-11,18-21H/t18?,19?,20-,21?/m0/s1. The van der Waals surface area contributed by atoms with Crippen LogP contribution in [0.1, 0.15) is 34.1 Å². The number of carbonyl (C=O) groups excluding carboxylic acids is 2. The quantitative estimate of drug-likeness (QED) is 0.591. The van der Waals surface area contributed by atoms with Gasteiger partial charge in [-0.05, 0) is 28.3 Å². The fraction of sp³-hybridized carbons (Fsp3) is 0.174. The molecule has 0 saturated carbocycles. The minimum Gasteiger partial charge on any atom is -0.274 e. The molecule has 0 N–H and O–H groups in total. The molecule has 2 atom stereocenters. The lowest BCUT2D eigenvalue weighted by Crippen LogP contribution is -2.41. The maximum absolute atomic E-state index is 13.5. The van der Waals surface area contributed by atoms with Gasteiger partial charge in [-0.25, -0.2) is 9.88 Å². The van der Waals surface area contributed by atoms with E-state index < -0.39 is 11.8 Å². The van der Waals surface area contributed by atoms with Gasteiger partial charge < -0.3 is 0 Å². The molecule has 1 aromatic heterocycles. The van der Waals surface area contributed by atoms with Crippen molar-refractivity contribution in [2.45, 2.75) is 11.8 Å². The second-order valence-corrected chi connectivity index (χ2v) is 8.05. The van der Waals surface area contributed by atoms with E-state index in [1.807, 2.05) is 24.3 Å². The molecule has 4 aliphatic rings. The van der Waals surface area contributed by atoms with E-state index in [-0.39, 0.29) is 23.7 Å². The fourth-order valence-electron chi connectivity index (χ4n) is 5.42. The van der Waals surface area contributed by atoms with Crippen molar-refractivity contribution in [3.05, 3.63) is 94.1 Å². The van der Waals surface area contributed by atoms with E-state index in [0.29, 0.717) is 10.8 Å². The zero-order chi connectivity index (χ0) is 19.0. The van der Waals surface area contributed by atoms with Crippen LogP contribution in [-0.4, -0.2) is 16.8 Å². The second kappa shape index (κ2) is 5.52. The predicted octanol–water partition coefficient (Wildman–Crippen LogP) is 4.13. The molecule has 7 rings (SSSR count). The molecule has 2 bridgehead atoms. The molecular formula is C23H15ClN2O2. The normalized spacial score (nSPS) is 26.8. The van der Waals surface area contributed by atoms with E-state index in [0.717, 1.165) is 22.3 Å². The average Bonchev–Trinajstić information content (AvgIpc) is 2.99. The summed E-state index contributed by atoms with van der Waals surface area (Å²) in [4.78, 5) is 32.5. The average molecular weight is 387 g/mol. The third-order valence-electron chi connectivity index (χ3n) is 6.39. The maximum atomic E-state index is 13.5. The van der Waals surface area contributed by atoms with Gasteiger partial charge in [0.25, 0.3) is 0 Å². The Morgan fingerprint density at radius 3 is 1.64 bits per heavy atom. The summed E-state index contributed by atoms with van der Waals surface area (Å²) < 4.78 is 0. The minimum atomic E-state index is -0.400. The molecule has 3 aliphatic carbocycles. The number of hydrogen-bond donors (Lipinski definition) is 0. The molecule has 3 aromatic rings. The molecule has 28 heavy (non-hydrogen) atoms.